The number of methoxy groups -OCH3 is 2. The minimum Gasteiger partial charge on any atom is -0.496 e. The fourth-order valence-corrected chi connectivity index (χ4v) is 5.18. The lowest BCUT2D eigenvalue weighted by atomic mass is 9.88. The molecule has 0 bridgehead atoms. The van der Waals surface area contributed by atoms with Gasteiger partial charge in [-0.15, -0.1) is 0 Å². The number of carbonyl (C=O) groups is 1. The van der Waals surface area contributed by atoms with Crippen molar-refractivity contribution in [2.75, 3.05) is 60.3 Å². The molecule has 2 atom stereocenters. The molecule has 1 aliphatic rings. The summed E-state index contributed by atoms with van der Waals surface area (Å²) in [6, 6.07) is 20.8. The topological polar surface area (TPSA) is 96.5 Å². The SMILES string of the molecule is COC(=O)NCCc1cccc(F)c1OCCO[C@H]1CNCC[C@@H]1c1ccc(OCCCOCc2ccccc2OC)cc1. The second kappa shape index (κ2) is 18.1. The number of para-hydroxylation sites is 2. The third-order valence-corrected chi connectivity index (χ3v) is 7.45. The average molecular weight is 611 g/mol. The lowest BCUT2D eigenvalue weighted by Crippen LogP contribution is -2.41. The van der Waals surface area contributed by atoms with Gasteiger partial charge in [0.1, 0.15) is 18.1 Å². The number of amides is 1. The fraction of sp³-hybridized carbons (Fsp3) is 0.441. The summed E-state index contributed by atoms with van der Waals surface area (Å²) in [4.78, 5) is 11.3. The van der Waals surface area contributed by atoms with E-state index in [9.17, 15) is 9.18 Å². The molecule has 1 fully saturated rings. The maximum absolute atomic E-state index is 14.5. The Bertz CT molecular complexity index is 1290. The van der Waals surface area contributed by atoms with Crippen LogP contribution >= 0.6 is 0 Å². The molecule has 0 spiro atoms. The highest BCUT2D eigenvalue weighted by Gasteiger charge is 2.27. The third kappa shape index (κ3) is 10.1. The third-order valence-electron chi connectivity index (χ3n) is 7.45. The molecule has 44 heavy (non-hydrogen) atoms. The highest BCUT2D eigenvalue weighted by molar-refractivity contribution is 5.66. The minimum absolute atomic E-state index is 0.0381. The maximum Gasteiger partial charge on any atom is 0.406 e. The molecule has 9 nitrogen and oxygen atoms in total. The predicted molar refractivity (Wildman–Crippen MR) is 165 cm³/mol. The summed E-state index contributed by atoms with van der Waals surface area (Å²) in [5, 5.41) is 6.01. The van der Waals surface area contributed by atoms with Crippen LogP contribution in [-0.2, 0) is 27.2 Å². The fourth-order valence-electron chi connectivity index (χ4n) is 5.18. The second-order valence-corrected chi connectivity index (χ2v) is 10.4. The summed E-state index contributed by atoms with van der Waals surface area (Å²) >= 11 is 0. The summed E-state index contributed by atoms with van der Waals surface area (Å²) in [6.45, 7) is 4.13. The molecule has 3 aromatic carbocycles. The number of carbonyl (C=O) groups excluding carboxylic acids is 1. The van der Waals surface area contributed by atoms with E-state index in [1.54, 1.807) is 19.2 Å². The molecule has 1 heterocycles. The Morgan fingerprint density at radius 3 is 2.57 bits per heavy atom. The van der Waals surface area contributed by atoms with Gasteiger partial charge in [-0.25, -0.2) is 9.18 Å². The number of piperidine rings is 1. The van der Waals surface area contributed by atoms with Gasteiger partial charge in [0.2, 0.25) is 0 Å². The summed E-state index contributed by atoms with van der Waals surface area (Å²) in [5.41, 5.74) is 2.89. The molecule has 1 aliphatic heterocycles. The molecule has 1 saturated heterocycles. The van der Waals surface area contributed by atoms with Crippen LogP contribution in [-0.4, -0.2) is 72.5 Å². The van der Waals surface area contributed by atoms with Crippen LogP contribution in [0.3, 0.4) is 0 Å². The van der Waals surface area contributed by atoms with Crippen molar-refractivity contribution in [3.05, 3.63) is 89.2 Å². The summed E-state index contributed by atoms with van der Waals surface area (Å²) in [6.07, 6.45) is 1.57. The van der Waals surface area contributed by atoms with Gasteiger partial charge in [0, 0.05) is 31.0 Å². The zero-order valence-electron chi connectivity index (χ0n) is 25.5. The summed E-state index contributed by atoms with van der Waals surface area (Å²) in [5.74, 6) is 1.61. The van der Waals surface area contributed by atoms with Crippen molar-refractivity contribution < 1.29 is 37.6 Å². The van der Waals surface area contributed by atoms with Crippen molar-refractivity contribution in [2.24, 2.45) is 0 Å². The molecule has 0 radical (unpaired) electrons. The van der Waals surface area contributed by atoms with Crippen molar-refractivity contribution in [1.82, 2.24) is 10.6 Å². The summed E-state index contributed by atoms with van der Waals surface area (Å²) < 4.78 is 48.2. The van der Waals surface area contributed by atoms with Crippen LogP contribution in [0.1, 0.15) is 35.4 Å². The van der Waals surface area contributed by atoms with Crippen molar-refractivity contribution >= 4 is 6.09 Å². The largest absolute Gasteiger partial charge is 0.496 e. The molecular formula is C34H43FN2O7. The van der Waals surface area contributed by atoms with Gasteiger partial charge in [-0.05, 0) is 54.8 Å². The molecule has 238 valence electrons. The number of halogens is 1. The van der Waals surface area contributed by atoms with Crippen LogP contribution in [0, 0.1) is 5.82 Å². The van der Waals surface area contributed by atoms with Gasteiger partial charge in [-0.1, -0.05) is 42.5 Å². The Labute approximate surface area is 258 Å². The van der Waals surface area contributed by atoms with Crippen molar-refractivity contribution in [3.8, 4) is 17.2 Å². The number of hydrogen-bond donors (Lipinski definition) is 2. The van der Waals surface area contributed by atoms with Crippen molar-refractivity contribution in [2.45, 2.75) is 37.9 Å². The maximum atomic E-state index is 14.5. The number of benzene rings is 3. The second-order valence-electron chi connectivity index (χ2n) is 10.4. The Hall–Kier alpha value is -3.86. The number of ether oxygens (including phenoxy) is 6. The van der Waals surface area contributed by atoms with Gasteiger partial charge >= 0.3 is 6.09 Å². The van der Waals surface area contributed by atoms with Gasteiger partial charge in [-0.3, -0.25) is 0 Å². The molecule has 10 heteroatoms. The van der Waals surface area contributed by atoms with E-state index in [0.717, 1.165) is 43.0 Å². The number of alkyl carbamates (subject to hydrolysis) is 1. The van der Waals surface area contributed by atoms with E-state index in [-0.39, 0.29) is 24.4 Å². The first-order valence-corrected chi connectivity index (χ1v) is 15.1. The van der Waals surface area contributed by atoms with E-state index >= 15 is 0 Å². The van der Waals surface area contributed by atoms with Crippen LogP contribution in [0.2, 0.25) is 0 Å². The molecule has 0 unspecified atom stereocenters. The molecule has 4 rings (SSSR count). The van der Waals surface area contributed by atoms with E-state index in [2.05, 4.69) is 27.5 Å². The van der Waals surface area contributed by atoms with Crippen LogP contribution in [0.4, 0.5) is 9.18 Å². The van der Waals surface area contributed by atoms with Gasteiger partial charge in [0.25, 0.3) is 0 Å². The quantitative estimate of drug-likeness (QED) is 0.200. The smallest absolute Gasteiger partial charge is 0.406 e. The highest BCUT2D eigenvalue weighted by atomic mass is 19.1. The average Bonchev–Trinajstić information content (AvgIpc) is 3.06. The zero-order chi connectivity index (χ0) is 31.0. The number of nitrogens with one attached hydrogen (secondary N) is 2. The van der Waals surface area contributed by atoms with E-state index in [0.29, 0.717) is 45.0 Å². The zero-order valence-corrected chi connectivity index (χ0v) is 25.5. The van der Waals surface area contributed by atoms with E-state index in [4.69, 9.17) is 23.7 Å². The number of hydrogen-bond acceptors (Lipinski definition) is 8. The molecule has 2 N–H and O–H groups in total. The van der Waals surface area contributed by atoms with Crippen LogP contribution in [0.25, 0.3) is 0 Å². The van der Waals surface area contributed by atoms with Gasteiger partial charge in [0.15, 0.2) is 11.6 Å². The van der Waals surface area contributed by atoms with E-state index in [1.165, 1.54) is 18.7 Å². The standard InChI is InChI=1S/C34H43FN2O7/c1-39-31-10-4-3-7-27(31)24-41-19-6-20-42-28-13-11-25(12-14-28)29-16-17-36-23-32(29)43-21-22-44-33-26(8-5-9-30(33)35)15-18-37-34(38)40-2/h3-5,7-14,29,32,36H,6,15-24H2,1-2H3,(H,37,38)/t29-,32+/m1/s1. The van der Waals surface area contributed by atoms with E-state index in [1.807, 2.05) is 36.4 Å². The Morgan fingerprint density at radius 2 is 1.75 bits per heavy atom. The Morgan fingerprint density at radius 1 is 0.932 bits per heavy atom. The lowest BCUT2D eigenvalue weighted by Gasteiger charge is -2.32. The van der Waals surface area contributed by atoms with Crippen LogP contribution in [0.5, 0.6) is 17.2 Å². The molecule has 1 amide bonds. The first kappa shape index (κ1) is 33.0. The number of rotatable bonds is 17. The summed E-state index contributed by atoms with van der Waals surface area (Å²) in [7, 11) is 2.96. The molecule has 3 aromatic rings. The lowest BCUT2D eigenvalue weighted by molar-refractivity contribution is 0.00675. The van der Waals surface area contributed by atoms with Crippen molar-refractivity contribution in [3.63, 3.8) is 0 Å². The molecule has 0 aliphatic carbocycles. The molecule has 0 aromatic heterocycles. The monoisotopic (exact) mass is 610 g/mol. The molecular weight excluding hydrogens is 567 g/mol. The van der Waals surface area contributed by atoms with E-state index < -0.39 is 11.9 Å². The van der Waals surface area contributed by atoms with Crippen LogP contribution < -0.4 is 24.8 Å². The van der Waals surface area contributed by atoms with Gasteiger partial charge in [0.05, 0.1) is 46.8 Å². The van der Waals surface area contributed by atoms with Crippen molar-refractivity contribution in [1.29, 1.82) is 0 Å². The first-order valence-electron chi connectivity index (χ1n) is 15.1. The Balaban J connectivity index is 1.18. The van der Waals surface area contributed by atoms with Gasteiger partial charge in [-0.2, -0.15) is 0 Å². The highest BCUT2D eigenvalue weighted by Crippen LogP contribution is 2.29. The predicted octanol–water partition coefficient (Wildman–Crippen LogP) is 5.26. The normalized spacial score (nSPS) is 16.2. The first-order chi connectivity index (χ1) is 21.6. The molecule has 0 saturated carbocycles. The van der Waals surface area contributed by atoms with Crippen LogP contribution in [0.15, 0.2) is 66.7 Å². The Kier molecular flexibility index (Phi) is 13.6. The minimum atomic E-state index is -0.530. The van der Waals surface area contributed by atoms with Gasteiger partial charge < -0.3 is 39.1 Å².